The van der Waals surface area contributed by atoms with Crippen molar-refractivity contribution >= 4 is 0 Å². The second kappa shape index (κ2) is 12.6. The Morgan fingerprint density at radius 2 is 1.40 bits per heavy atom. The van der Waals surface area contributed by atoms with E-state index in [0.717, 1.165) is 33.6 Å². The minimum absolute atomic E-state index is 0.379. The smallest absolute Gasteiger partial charge is 0.225 e. The van der Waals surface area contributed by atoms with Crippen LogP contribution >= 0.6 is 0 Å². The molecule has 1 heterocycles. The molecule has 0 aliphatic rings. The highest BCUT2D eigenvalue weighted by Gasteiger charge is 2.14. The third kappa shape index (κ3) is 6.82. The highest BCUT2D eigenvalue weighted by Crippen LogP contribution is 2.34. The molecule has 3 aromatic carbocycles. The number of nitrogens with two attached hydrogens (primary N) is 1. The average molecular weight is 471 g/mol. The normalized spacial score (nSPS) is 10.7. The van der Waals surface area contributed by atoms with E-state index < -0.39 is 0 Å². The van der Waals surface area contributed by atoms with Crippen molar-refractivity contribution in [2.45, 2.75) is 19.8 Å². The summed E-state index contributed by atoms with van der Waals surface area (Å²) in [5, 5.41) is 0. The van der Waals surface area contributed by atoms with Gasteiger partial charge >= 0.3 is 0 Å². The van der Waals surface area contributed by atoms with Gasteiger partial charge in [-0.05, 0) is 28.8 Å². The fourth-order valence-corrected chi connectivity index (χ4v) is 3.55. The van der Waals surface area contributed by atoms with Crippen molar-refractivity contribution in [3.05, 3.63) is 108 Å². The number of benzene rings is 3. The lowest BCUT2D eigenvalue weighted by Gasteiger charge is -2.15. The molecule has 0 saturated carbocycles. The van der Waals surface area contributed by atoms with E-state index in [2.05, 4.69) is 0 Å². The molecular weight excluding hydrogens is 440 g/mol. The zero-order valence-corrected chi connectivity index (χ0v) is 19.9. The predicted octanol–water partition coefficient (Wildman–Crippen LogP) is 5.39. The van der Waals surface area contributed by atoms with Crippen molar-refractivity contribution in [2.75, 3.05) is 20.3 Å². The molecule has 2 N–H and O–H groups in total. The average Bonchev–Trinajstić information content (AvgIpc) is 2.92. The Balaban J connectivity index is 1.62. The maximum atomic E-state index is 6.19. The molecule has 180 valence electrons. The van der Waals surface area contributed by atoms with Gasteiger partial charge in [-0.25, -0.2) is 0 Å². The predicted molar refractivity (Wildman–Crippen MR) is 136 cm³/mol. The summed E-state index contributed by atoms with van der Waals surface area (Å²) in [5.41, 5.74) is 10.7. The van der Waals surface area contributed by atoms with E-state index in [0.29, 0.717) is 44.7 Å². The molecule has 0 aliphatic heterocycles. The van der Waals surface area contributed by atoms with Gasteiger partial charge in [0.25, 0.3) is 0 Å². The first-order valence-electron chi connectivity index (χ1n) is 11.6. The lowest BCUT2D eigenvalue weighted by molar-refractivity contribution is 0.146. The van der Waals surface area contributed by atoms with Gasteiger partial charge in [-0.15, -0.1) is 0 Å². The molecule has 0 amide bonds. The highest BCUT2D eigenvalue weighted by atomic mass is 16.5. The quantitative estimate of drug-likeness (QED) is 0.280. The van der Waals surface area contributed by atoms with Crippen LogP contribution in [0.15, 0.2) is 91.0 Å². The molecule has 0 saturated heterocycles. The Kier molecular flexibility index (Phi) is 8.70. The minimum atomic E-state index is 0.379. The van der Waals surface area contributed by atoms with E-state index in [1.807, 2.05) is 91.0 Å². The van der Waals surface area contributed by atoms with Crippen LogP contribution in [-0.4, -0.2) is 25.3 Å². The fraction of sp³-hybridized carbons (Fsp3) is 0.207. The van der Waals surface area contributed by atoms with E-state index >= 15 is 0 Å². The Labute approximate surface area is 206 Å². The van der Waals surface area contributed by atoms with Crippen LogP contribution < -0.4 is 19.9 Å². The van der Waals surface area contributed by atoms with Gasteiger partial charge in [0.15, 0.2) is 0 Å². The number of hydrogen-bond donors (Lipinski definition) is 1. The molecule has 0 spiro atoms. The first-order valence-corrected chi connectivity index (χ1v) is 11.6. The topological polar surface area (TPSA) is 75.8 Å². The molecule has 0 radical (unpaired) electrons. The van der Waals surface area contributed by atoms with Crippen LogP contribution in [0.4, 0.5) is 0 Å². The van der Waals surface area contributed by atoms with E-state index in [-0.39, 0.29) is 0 Å². The van der Waals surface area contributed by atoms with Gasteiger partial charge in [-0.1, -0.05) is 72.8 Å². The summed E-state index contributed by atoms with van der Waals surface area (Å²) in [7, 11) is 1.65. The van der Waals surface area contributed by atoms with Crippen molar-refractivity contribution in [1.82, 2.24) is 4.98 Å². The van der Waals surface area contributed by atoms with Gasteiger partial charge in [0.05, 0.1) is 6.61 Å². The molecule has 35 heavy (non-hydrogen) atoms. The lowest BCUT2D eigenvalue weighted by atomic mass is 10.0. The van der Waals surface area contributed by atoms with Crippen LogP contribution in [0.2, 0.25) is 0 Å². The molecule has 4 rings (SSSR count). The number of pyridine rings is 1. The van der Waals surface area contributed by atoms with Gasteiger partial charge < -0.3 is 24.7 Å². The second-order valence-electron chi connectivity index (χ2n) is 7.92. The van der Waals surface area contributed by atoms with Crippen LogP contribution in [0.3, 0.4) is 0 Å². The first kappa shape index (κ1) is 24.3. The summed E-state index contributed by atoms with van der Waals surface area (Å²) in [6.07, 6.45) is 0. The second-order valence-corrected chi connectivity index (χ2v) is 7.92. The maximum absolute atomic E-state index is 6.19. The van der Waals surface area contributed by atoms with Crippen molar-refractivity contribution in [3.63, 3.8) is 0 Å². The Morgan fingerprint density at radius 3 is 2.06 bits per heavy atom. The van der Waals surface area contributed by atoms with Gasteiger partial charge in [0.2, 0.25) is 11.8 Å². The molecule has 6 nitrogen and oxygen atoms in total. The van der Waals surface area contributed by atoms with Gasteiger partial charge in [-0.3, -0.25) is 0 Å². The van der Waals surface area contributed by atoms with Crippen LogP contribution in [0.25, 0.3) is 11.1 Å². The third-order valence-corrected chi connectivity index (χ3v) is 5.43. The minimum Gasteiger partial charge on any atom is -0.491 e. The van der Waals surface area contributed by atoms with Gasteiger partial charge in [-0.2, -0.15) is 4.98 Å². The van der Waals surface area contributed by atoms with E-state index in [1.165, 1.54) is 0 Å². The number of rotatable bonds is 12. The molecule has 1 aromatic heterocycles. The molecule has 6 heteroatoms. The summed E-state index contributed by atoms with van der Waals surface area (Å²) < 4.78 is 23.2. The van der Waals surface area contributed by atoms with Crippen LogP contribution in [0, 0.1) is 0 Å². The van der Waals surface area contributed by atoms with E-state index in [4.69, 9.17) is 29.7 Å². The van der Waals surface area contributed by atoms with Crippen molar-refractivity contribution < 1.29 is 18.9 Å². The van der Waals surface area contributed by atoms with Gasteiger partial charge in [0.1, 0.15) is 25.6 Å². The summed E-state index contributed by atoms with van der Waals surface area (Å²) in [5.74, 6) is 1.71. The first-order chi connectivity index (χ1) is 17.3. The summed E-state index contributed by atoms with van der Waals surface area (Å²) in [6.45, 7) is 2.13. The van der Waals surface area contributed by atoms with E-state index in [9.17, 15) is 0 Å². The Morgan fingerprint density at radius 1 is 0.714 bits per heavy atom. The van der Waals surface area contributed by atoms with Crippen LogP contribution in [-0.2, 0) is 24.5 Å². The molecule has 0 fully saturated rings. The Bertz CT molecular complexity index is 1200. The van der Waals surface area contributed by atoms with Crippen LogP contribution in [0.5, 0.6) is 17.5 Å². The molecule has 0 unspecified atom stereocenters. The van der Waals surface area contributed by atoms with Crippen molar-refractivity contribution in [3.8, 4) is 28.6 Å². The molecule has 0 aliphatic carbocycles. The number of methoxy groups -OCH3 is 1. The number of hydrogen-bond acceptors (Lipinski definition) is 6. The van der Waals surface area contributed by atoms with Crippen molar-refractivity contribution in [1.29, 1.82) is 0 Å². The zero-order chi connectivity index (χ0) is 24.3. The Hall–Kier alpha value is -3.87. The molecule has 0 atom stereocenters. The van der Waals surface area contributed by atoms with Gasteiger partial charge in [0, 0.05) is 30.8 Å². The molecular formula is C29H30N2O4. The number of aromatic nitrogens is 1. The highest BCUT2D eigenvalue weighted by molar-refractivity contribution is 5.71. The monoisotopic (exact) mass is 470 g/mol. The summed E-state index contributed by atoms with van der Waals surface area (Å²) in [6, 6.07) is 29.8. The SMILES string of the molecule is COCCOc1cc(-c2ccc(OCc3ccccc3)nc2OCc2ccccc2)ccc1CN. The van der Waals surface area contributed by atoms with Crippen molar-refractivity contribution in [2.24, 2.45) is 5.73 Å². The fourth-order valence-electron chi connectivity index (χ4n) is 3.55. The number of ether oxygens (including phenoxy) is 4. The lowest BCUT2D eigenvalue weighted by Crippen LogP contribution is -2.08. The number of nitrogens with zero attached hydrogens (tertiary/aromatic N) is 1. The largest absolute Gasteiger partial charge is 0.491 e. The standard InChI is InChI=1S/C29H30N2O4/c1-32-16-17-33-27-18-24(12-13-25(27)19-30)26-14-15-28(34-20-22-8-4-2-5-9-22)31-29(26)35-21-23-10-6-3-7-11-23/h2-15,18H,16-17,19-21,30H2,1H3. The molecule has 4 aromatic rings. The third-order valence-electron chi connectivity index (χ3n) is 5.43. The molecule has 0 bridgehead atoms. The van der Waals surface area contributed by atoms with Crippen LogP contribution in [0.1, 0.15) is 16.7 Å². The maximum Gasteiger partial charge on any atom is 0.225 e. The van der Waals surface area contributed by atoms with E-state index in [1.54, 1.807) is 7.11 Å². The summed E-state index contributed by atoms with van der Waals surface area (Å²) in [4.78, 5) is 4.70. The zero-order valence-electron chi connectivity index (χ0n) is 19.9. The summed E-state index contributed by atoms with van der Waals surface area (Å²) >= 11 is 0.